The van der Waals surface area contributed by atoms with Crippen molar-refractivity contribution in [3.8, 4) is 5.75 Å². The molecule has 1 aliphatic heterocycles. The molecule has 1 aromatic carbocycles. The number of hydrogen-bond acceptors (Lipinski definition) is 9. The number of carbonyl (C=O) groups is 2. The van der Waals surface area contributed by atoms with Crippen LogP contribution < -0.4 is 4.74 Å². The number of nitrogens with zero attached hydrogens (tertiary/aromatic N) is 1. The Kier molecular flexibility index (Phi) is 8.01. The van der Waals surface area contributed by atoms with Gasteiger partial charge in [0.25, 0.3) is 5.09 Å². The Morgan fingerprint density at radius 2 is 1.91 bits per heavy atom. The number of aryl methyl sites for hydroxylation is 1. The number of alkyl halides is 3. The van der Waals surface area contributed by atoms with Gasteiger partial charge < -0.3 is 23.8 Å². The molecule has 3 atom stereocenters. The zero-order valence-electron chi connectivity index (χ0n) is 17.7. The summed E-state index contributed by atoms with van der Waals surface area (Å²) in [5, 5.41) is 9.39. The number of carbonyl (C=O) groups excluding carboxylic acids is 2. The lowest BCUT2D eigenvalue weighted by Gasteiger charge is -2.29. The number of rotatable bonds is 7. The number of fused-ring (bicyclic) bond motifs is 1. The number of hydrogen-bond donors (Lipinski definition) is 0. The first kappa shape index (κ1) is 26.0. The van der Waals surface area contributed by atoms with Gasteiger partial charge in [0, 0.05) is 17.5 Å². The molecular formula is C19H19ClF3NO9. The first-order valence-electron chi connectivity index (χ1n) is 9.30. The van der Waals surface area contributed by atoms with Gasteiger partial charge in [0.2, 0.25) is 12.4 Å². The van der Waals surface area contributed by atoms with Crippen molar-refractivity contribution in [2.45, 2.75) is 52.4 Å². The summed E-state index contributed by atoms with van der Waals surface area (Å²) in [6.07, 6.45) is -10.8. The van der Waals surface area contributed by atoms with Crippen LogP contribution in [0.25, 0.3) is 6.08 Å². The van der Waals surface area contributed by atoms with Crippen molar-refractivity contribution < 1.29 is 51.6 Å². The Hall–Kier alpha value is -3.22. The molecule has 0 N–H and O–H groups in total. The maximum absolute atomic E-state index is 13.6. The summed E-state index contributed by atoms with van der Waals surface area (Å²) in [6, 6.07) is 1.33. The highest BCUT2D eigenvalue weighted by Gasteiger charge is 2.49. The second-order valence-corrected chi connectivity index (χ2v) is 7.35. The van der Waals surface area contributed by atoms with Gasteiger partial charge in [-0.2, -0.15) is 13.2 Å². The molecule has 0 aliphatic carbocycles. The number of benzene rings is 1. The first-order chi connectivity index (χ1) is 15.2. The standard InChI is InChI=1S/C19H19ClF3NO9/c1-8-5-14-12(10(3)15(8)20)6-13(16(32-14)19(21,22)23)17(25)30-11(4)31-18(26)29-7-9(2)33-24(27)28/h5-6,9,11,16H,7H2,1-4H3. The topological polar surface area (TPSA) is 123 Å². The van der Waals surface area contributed by atoms with Crippen LogP contribution in [0, 0.1) is 24.0 Å². The number of halogens is 4. The third-order valence-electron chi connectivity index (χ3n) is 4.29. The van der Waals surface area contributed by atoms with Crippen molar-refractivity contribution >= 4 is 29.8 Å². The van der Waals surface area contributed by atoms with Crippen LogP contribution in [0.15, 0.2) is 11.6 Å². The maximum atomic E-state index is 13.6. The predicted octanol–water partition coefficient (Wildman–Crippen LogP) is 4.30. The van der Waals surface area contributed by atoms with Gasteiger partial charge in [-0.05, 0) is 44.0 Å². The van der Waals surface area contributed by atoms with Crippen LogP contribution in [0.5, 0.6) is 5.75 Å². The van der Waals surface area contributed by atoms with Gasteiger partial charge >= 0.3 is 18.3 Å². The molecule has 10 nitrogen and oxygen atoms in total. The minimum Gasteiger partial charge on any atom is -0.475 e. The Balaban J connectivity index is 2.14. The zero-order valence-corrected chi connectivity index (χ0v) is 18.5. The predicted molar refractivity (Wildman–Crippen MR) is 105 cm³/mol. The van der Waals surface area contributed by atoms with Crippen molar-refractivity contribution in [3.05, 3.63) is 43.5 Å². The highest BCUT2D eigenvalue weighted by molar-refractivity contribution is 6.32. The van der Waals surface area contributed by atoms with Gasteiger partial charge in [-0.3, -0.25) is 0 Å². The second-order valence-electron chi connectivity index (χ2n) is 6.97. The van der Waals surface area contributed by atoms with Gasteiger partial charge in [-0.1, -0.05) is 11.6 Å². The lowest BCUT2D eigenvalue weighted by molar-refractivity contribution is -0.767. The van der Waals surface area contributed by atoms with Gasteiger partial charge in [0.1, 0.15) is 18.5 Å². The minimum absolute atomic E-state index is 0.104. The van der Waals surface area contributed by atoms with E-state index in [1.165, 1.54) is 13.0 Å². The zero-order chi connectivity index (χ0) is 25.1. The summed E-state index contributed by atoms with van der Waals surface area (Å²) in [5.41, 5.74) is 0.184. The van der Waals surface area contributed by atoms with E-state index in [-0.39, 0.29) is 11.3 Å². The smallest absolute Gasteiger partial charge is 0.475 e. The fourth-order valence-corrected chi connectivity index (χ4v) is 2.98. The van der Waals surface area contributed by atoms with Crippen LogP contribution in [0.3, 0.4) is 0 Å². The third-order valence-corrected chi connectivity index (χ3v) is 4.87. The van der Waals surface area contributed by atoms with E-state index in [0.717, 1.165) is 13.0 Å². The molecule has 3 unspecified atom stereocenters. The van der Waals surface area contributed by atoms with Crippen molar-refractivity contribution in [3.63, 3.8) is 0 Å². The Labute approximate surface area is 190 Å². The largest absolute Gasteiger partial charge is 0.511 e. The molecule has 1 aromatic rings. The van der Waals surface area contributed by atoms with E-state index >= 15 is 0 Å². The fourth-order valence-electron chi connectivity index (χ4n) is 2.82. The minimum atomic E-state index is -4.96. The fraction of sp³-hybridized carbons (Fsp3) is 0.474. The molecule has 1 aliphatic rings. The number of esters is 1. The van der Waals surface area contributed by atoms with Crippen molar-refractivity contribution in [1.29, 1.82) is 0 Å². The van der Waals surface area contributed by atoms with Crippen LogP contribution in [0.2, 0.25) is 5.02 Å². The molecule has 0 fully saturated rings. The number of ether oxygens (including phenoxy) is 4. The van der Waals surface area contributed by atoms with E-state index in [4.69, 9.17) is 21.1 Å². The van der Waals surface area contributed by atoms with E-state index in [0.29, 0.717) is 16.1 Å². The van der Waals surface area contributed by atoms with Gasteiger partial charge in [0.15, 0.2) is 0 Å². The monoisotopic (exact) mass is 497 g/mol. The second kappa shape index (κ2) is 10.1. The van der Waals surface area contributed by atoms with Crippen LogP contribution >= 0.6 is 11.6 Å². The lowest BCUT2D eigenvalue weighted by Crippen LogP contribution is -2.41. The summed E-state index contributed by atoms with van der Waals surface area (Å²) in [7, 11) is 0. The van der Waals surface area contributed by atoms with Gasteiger partial charge in [0.05, 0.1) is 5.57 Å². The van der Waals surface area contributed by atoms with Crippen LogP contribution in [-0.4, -0.2) is 48.5 Å². The maximum Gasteiger partial charge on any atom is 0.511 e. The molecule has 0 bridgehead atoms. The molecule has 1 heterocycles. The molecule has 0 aromatic heterocycles. The molecular weight excluding hydrogens is 479 g/mol. The average Bonchev–Trinajstić information content (AvgIpc) is 2.68. The SMILES string of the molecule is Cc1cc2c(c(C)c1Cl)C=C(C(=O)OC(C)OC(=O)OCC(C)O[N+](=O)[O-])C(C(F)(F)F)O2. The van der Waals surface area contributed by atoms with Gasteiger partial charge in [-0.25, -0.2) is 9.59 Å². The van der Waals surface area contributed by atoms with Crippen molar-refractivity contribution in [2.24, 2.45) is 0 Å². The Bertz CT molecular complexity index is 980. The molecule has 0 spiro atoms. The highest BCUT2D eigenvalue weighted by Crippen LogP contribution is 2.41. The molecule has 2 rings (SSSR count). The van der Waals surface area contributed by atoms with E-state index in [2.05, 4.69) is 14.3 Å². The summed E-state index contributed by atoms with van der Waals surface area (Å²) < 4.78 is 59.7. The molecule has 0 radical (unpaired) electrons. The molecule has 0 saturated carbocycles. The molecule has 0 saturated heterocycles. The normalized spacial score (nSPS) is 17.0. The van der Waals surface area contributed by atoms with Gasteiger partial charge in [-0.15, -0.1) is 10.1 Å². The Morgan fingerprint density at radius 1 is 1.27 bits per heavy atom. The molecule has 14 heteroatoms. The van der Waals surface area contributed by atoms with Crippen LogP contribution in [-0.2, 0) is 23.8 Å². The van der Waals surface area contributed by atoms with E-state index in [1.807, 2.05) is 0 Å². The first-order valence-corrected chi connectivity index (χ1v) is 9.68. The van der Waals surface area contributed by atoms with E-state index < -0.39 is 54.1 Å². The highest BCUT2D eigenvalue weighted by atomic mass is 35.5. The summed E-state index contributed by atoms with van der Waals surface area (Å²) in [6.45, 7) is 4.88. The average molecular weight is 498 g/mol. The molecule has 33 heavy (non-hydrogen) atoms. The quantitative estimate of drug-likeness (QED) is 0.234. The van der Waals surface area contributed by atoms with Crippen molar-refractivity contribution in [2.75, 3.05) is 6.61 Å². The Morgan fingerprint density at radius 3 is 2.48 bits per heavy atom. The lowest BCUT2D eigenvalue weighted by atomic mass is 9.96. The molecule has 0 amide bonds. The van der Waals surface area contributed by atoms with E-state index in [1.54, 1.807) is 13.8 Å². The molecule has 182 valence electrons. The summed E-state index contributed by atoms with van der Waals surface area (Å²) in [4.78, 5) is 38.4. The van der Waals surface area contributed by atoms with Crippen molar-refractivity contribution in [1.82, 2.24) is 0 Å². The summed E-state index contributed by atoms with van der Waals surface area (Å²) >= 11 is 6.15. The summed E-state index contributed by atoms with van der Waals surface area (Å²) in [5.74, 6) is -1.56. The van der Waals surface area contributed by atoms with Crippen LogP contribution in [0.4, 0.5) is 18.0 Å². The van der Waals surface area contributed by atoms with Crippen LogP contribution in [0.1, 0.15) is 30.5 Å². The van der Waals surface area contributed by atoms with E-state index in [9.17, 15) is 32.9 Å². The third kappa shape index (κ3) is 6.63.